The van der Waals surface area contributed by atoms with Crippen LogP contribution >= 0.6 is 0 Å². The van der Waals surface area contributed by atoms with Crippen molar-refractivity contribution in [1.29, 1.82) is 0 Å². The van der Waals surface area contributed by atoms with Crippen molar-refractivity contribution in [3.8, 4) is 0 Å². The number of hydrogen-bond donors (Lipinski definition) is 1. The van der Waals surface area contributed by atoms with Crippen molar-refractivity contribution in [2.45, 2.75) is 12.8 Å². The molecule has 0 aliphatic carbocycles. The summed E-state index contributed by atoms with van der Waals surface area (Å²) in [6, 6.07) is 6.07. The number of sulfonamides is 1. The first-order valence-electron chi connectivity index (χ1n) is 6.62. The molecule has 0 heterocycles. The number of rotatable bonds is 8. The third-order valence-corrected chi connectivity index (χ3v) is 4.39. The Balaban J connectivity index is 2.44. The van der Waals surface area contributed by atoms with Crippen LogP contribution in [0.1, 0.15) is 12.0 Å². The van der Waals surface area contributed by atoms with Gasteiger partial charge in [-0.25, -0.2) is 12.7 Å². The zero-order chi connectivity index (χ0) is 16.8. The summed E-state index contributed by atoms with van der Waals surface area (Å²) in [5.41, 5.74) is 0.257. The van der Waals surface area contributed by atoms with Crippen molar-refractivity contribution < 1.29 is 18.1 Å². The molecule has 0 unspecified atom stereocenters. The lowest BCUT2D eigenvalue weighted by Gasteiger charge is -2.13. The minimum atomic E-state index is -3.22. The van der Waals surface area contributed by atoms with Gasteiger partial charge in [-0.2, -0.15) is 0 Å². The summed E-state index contributed by atoms with van der Waals surface area (Å²) >= 11 is 0. The lowest BCUT2D eigenvalue weighted by molar-refractivity contribution is -0.385. The van der Waals surface area contributed by atoms with E-state index in [4.69, 9.17) is 0 Å². The Labute approximate surface area is 129 Å². The molecular weight excluding hydrogens is 310 g/mol. The Morgan fingerprint density at radius 3 is 2.59 bits per heavy atom. The van der Waals surface area contributed by atoms with Gasteiger partial charge in [-0.15, -0.1) is 0 Å². The van der Waals surface area contributed by atoms with E-state index in [0.29, 0.717) is 25.1 Å². The highest BCUT2D eigenvalue weighted by Gasteiger charge is 2.15. The normalized spacial score (nSPS) is 11.4. The lowest BCUT2D eigenvalue weighted by Crippen LogP contribution is -2.31. The minimum Gasteiger partial charge on any atom is -0.356 e. The van der Waals surface area contributed by atoms with Gasteiger partial charge in [0.05, 0.1) is 17.6 Å². The van der Waals surface area contributed by atoms with E-state index in [2.05, 4.69) is 5.32 Å². The number of nitrogens with one attached hydrogen (secondary N) is 1. The van der Waals surface area contributed by atoms with Crippen molar-refractivity contribution in [3.63, 3.8) is 0 Å². The Morgan fingerprint density at radius 2 is 2.00 bits per heavy atom. The van der Waals surface area contributed by atoms with E-state index < -0.39 is 14.9 Å². The molecule has 0 radical (unpaired) electrons. The maximum Gasteiger partial charge on any atom is 0.273 e. The van der Waals surface area contributed by atoms with E-state index in [1.54, 1.807) is 12.1 Å². The highest BCUT2D eigenvalue weighted by molar-refractivity contribution is 7.88. The molecule has 1 N–H and O–H groups in total. The number of amides is 1. The SMILES string of the molecule is CN(CCCNC(=O)Cc1ccccc1[N+](=O)[O-])S(C)(=O)=O. The van der Waals surface area contributed by atoms with Gasteiger partial charge in [-0.3, -0.25) is 14.9 Å². The van der Waals surface area contributed by atoms with Crippen LogP contribution in [0.5, 0.6) is 0 Å². The Morgan fingerprint density at radius 1 is 1.36 bits per heavy atom. The molecule has 0 aliphatic rings. The molecule has 1 rings (SSSR count). The van der Waals surface area contributed by atoms with Crippen LogP contribution in [0, 0.1) is 10.1 Å². The summed E-state index contributed by atoms with van der Waals surface area (Å²) in [7, 11) is -1.76. The molecule has 1 aromatic carbocycles. The standard InChI is InChI=1S/C13H19N3O5S/c1-15(22(2,20)21)9-5-8-14-13(17)10-11-6-3-4-7-12(11)16(18)19/h3-4,6-7H,5,8-10H2,1-2H3,(H,14,17). The van der Waals surface area contributed by atoms with Crippen LogP contribution in [0.15, 0.2) is 24.3 Å². The number of para-hydroxylation sites is 1. The number of nitro benzene ring substituents is 1. The number of benzene rings is 1. The zero-order valence-electron chi connectivity index (χ0n) is 12.5. The zero-order valence-corrected chi connectivity index (χ0v) is 13.3. The molecule has 8 nitrogen and oxygen atoms in total. The predicted molar refractivity (Wildman–Crippen MR) is 81.9 cm³/mol. The fourth-order valence-corrected chi connectivity index (χ4v) is 2.23. The van der Waals surface area contributed by atoms with Crippen LogP contribution in [0.4, 0.5) is 5.69 Å². The van der Waals surface area contributed by atoms with Gasteiger partial charge in [-0.1, -0.05) is 18.2 Å². The minimum absolute atomic E-state index is 0.0843. The molecule has 9 heteroatoms. The monoisotopic (exact) mass is 329 g/mol. The molecule has 0 aromatic heterocycles. The van der Waals surface area contributed by atoms with Gasteiger partial charge in [0.25, 0.3) is 5.69 Å². The second kappa shape index (κ2) is 7.85. The highest BCUT2D eigenvalue weighted by atomic mass is 32.2. The summed E-state index contributed by atoms with van der Waals surface area (Å²) in [4.78, 5) is 22.1. The topological polar surface area (TPSA) is 110 Å². The number of carbonyl (C=O) groups excluding carboxylic acids is 1. The first-order valence-corrected chi connectivity index (χ1v) is 8.47. The summed E-state index contributed by atoms with van der Waals surface area (Å²) in [5.74, 6) is -0.337. The van der Waals surface area contributed by atoms with Crippen LogP contribution in [0.25, 0.3) is 0 Å². The number of nitrogens with zero attached hydrogens (tertiary/aromatic N) is 2. The molecule has 0 saturated heterocycles. The molecule has 22 heavy (non-hydrogen) atoms. The van der Waals surface area contributed by atoms with E-state index in [1.807, 2.05) is 0 Å². The lowest BCUT2D eigenvalue weighted by atomic mass is 10.1. The van der Waals surface area contributed by atoms with Crippen molar-refractivity contribution in [3.05, 3.63) is 39.9 Å². The van der Waals surface area contributed by atoms with Crippen molar-refractivity contribution in [1.82, 2.24) is 9.62 Å². The van der Waals surface area contributed by atoms with Gasteiger partial charge in [0.1, 0.15) is 0 Å². The van der Waals surface area contributed by atoms with Crippen LogP contribution in [-0.2, 0) is 21.2 Å². The second-order valence-corrected chi connectivity index (χ2v) is 6.94. The van der Waals surface area contributed by atoms with Gasteiger partial charge < -0.3 is 5.32 Å². The van der Waals surface area contributed by atoms with Crippen molar-refractivity contribution >= 4 is 21.6 Å². The van der Waals surface area contributed by atoms with Gasteiger partial charge >= 0.3 is 0 Å². The molecule has 0 atom stereocenters. The molecule has 0 fully saturated rings. The number of nitro groups is 1. The Hall–Kier alpha value is -2.00. The molecule has 1 amide bonds. The third kappa shape index (κ3) is 5.78. The first kappa shape index (κ1) is 18.1. The predicted octanol–water partition coefficient (Wildman–Crippen LogP) is 0.535. The smallest absolute Gasteiger partial charge is 0.273 e. The van der Waals surface area contributed by atoms with Crippen molar-refractivity contribution in [2.75, 3.05) is 26.4 Å². The first-order chi connectivity index (χ1) is 10.2. The summed E-state index contributed by atoms with van der Waals surface area (Å²) in [6.07, 6.45) is 1.49. The van der Waals surface area contributed by atoms with Crippen molar-refractivity contribution in [2.24, 2.45) is 0 Å². The van der Waals surface area contributed by atoms with Crippen LogP contribution < -0.4 is 5.32 Å². The molecule has 0 saturated carbocycles. The maximum atomic E-state index is 11.8. The molecule has 1 aromatic rings. The van der Waals surface area contributed by atoms with E-state index in [-0.39, 0.29) is 18.0 Å². The third-order valence-electron chi connectivity index (χ3n) is 3.08. The van der Waals surface area contributed by atoms with E-state index in [0.717, 1.165) is 6.26 Å². The molecule has 0 spiro atoms. The number of hydrogen-bond acceptors (Lipinski definition) is 5. The average molecular weight is 329 g/mol. The van der Waals surface area contributed by atoms with Gasteiger partial charge in [0.2, 0.25) is 15.9 Å². The van der Waals surface area contributed by atoms with E-state index in [9.17, 15) is 23.3 Å². The molecule has 0 bridgehead atoms. The quantitative estimate of drug-likeness (QED) is 0.425. The average Bonchev–Trinajstić information content (AvgIpc) is 2.42. The van der Waals surface area contributed by atoms with Gasteiger partial charge in [0, 0.05) is 31.8 Å². The van der Waals surface area contributed by atoms with E-state index in [1.165, 1.54) is 23.5 Å². The van der Waals surface area contributed by atoms with Crippen LogP contribution in [0.3, 0.4) is 0 Å². The molecule has 122 valence electrons. The largest absolute Gasteiger partial charge is 0.356 e. The summed E-state index contributed by atoms with van der Waals surface area (Å²) in [6.45, 7) is 0.601. The second-order valence-electron chi connectivity index (χ2n) is 4.85. The highest BCUT2D eigenvalue weighted by Crippen LogP contribution is 2.17. The maximum absolute atomic E-state index is 11.8. The van der Waals surface area contributed by atoms with Gasteiger partial charge in [-0.05, 0) is 6.42 Å². The molecule has 0 aliphatic heterocycles. The molecular formula is C13H19N3O5S. The van der Waals surface area contributed by atoms with Crippen LogP contribution in [-0.4, -0.2) is 49.9 Å². The van der Waals surface area contributed by atoms with E-state index >= 15 is 0 Å². The van der Waals surface area contributed by atoms with Gasteiger partial charge in [0.15, 0.2) is 0 Å². The Kier molecular flexibility index (Phi) is 6.44. The number of carbonyl (C=O) groups is 1. The summed E-state index contributed by atoms with van der Waals surface area (Å²) < 4.78 is 23.5. The fourth-order valence-electron chi connectivity index (χ4n) is 1.77. The van der Waals surface area contributed by atoms with Crippen LogP contribution in [0.2, 0.25) is 0 Å². The summed E-state index contributed by atoms with van der Waals surface area (Å²) in [5, 5.41) is 13.5. The Bertz CT molecular complexity index is 645. The fraction of sp³-hybridized carbons (Fsp3) is 0.462.